The summed E-state index contributed by atoms with van der Waals surface area (Å²) in [7, 11) is 0. The van der Waals surface area contributed by atoms with Crippen molar-refractivity contribution in [1.82, 2.24) is 14.5 Å². The van der Waals surface area contributed by atoms with Crippen LogP contribution in [0.15, 0.2) is 72.8 Å². The molecule has 1 amide bonds. The summed E-state index contributed by atoms with van der Waals surface area (Å²) in [6.45, 7) is 5.26. The van der Waals surface area contributed by atoms with Gasteiger partial charge in [-0.2, -0.15) is 0 Å². The molecule has 1 atom stereocenters. The van der Waals surface area contributed by atoms with Crippen molar-refractivity contribution in [1.29, 1.82) is 0 Å². The van der Waals surface area contributed by atoms with E-state index in [4.69, 9.17) is 11.6 Å². The van der Waals surface area contributed by atoms with Gasteiger partial charge in [0.2, 0.25) is 0 Å². The first-order chi connectivity index (χ1) is 15.9. The van der Waals surface area contributed by atoms with E-state index in [9.17, 15) is 14.7 Å². The zero-order valence-corrected chi connectivity index (χ0v) is 19.4. The molecule has 0 saturated carbocycles. The highest BCUT2D eigenvalue weighted by molar-refractivity contribution is 6.46. The monoisotopic (exact) mass is 463 g/mol. The van der Waals surface area contributed by atoms with Crippen LogP contribution in [0.1, 0.15) is 48.9 Å². The van der Waals surface area contributed by atoms with Gasteiger partial charge in [0, 0.05) is 36.1 Å². The van der Waals surface area contributed by atoms with E-state index in [0.29, 0.717) is 36.0 Å². The molecule has 6 nitrogen and oxygen atoms in total. The molecule has 0 spiro atoms. The zero-order valence-electron chi connectivity index (χ0n) is 18.6. The Kier molecular flexibility index (Phi) is 6.65. The number of carbonyl (C=O) groups excluding carboxylic acids is 2. The van der Waals surface area contributed by atoms with Crippen LogP contribution in [-0.2, 0) is 16.1 Å². The van der Waals surface area contributed by atoms with Crippen molar-refractivity contribution in [2.75, 3.05) is 6.54 Å². The molecule has 4 rings (SSSR count). The molecule has 0 radical (unpaired) electrons. The van der Waals surface area contributed by atoms with E-state index in [1.807, 2.05) is 35.0 Å². The van der Waals surface area contributed by atoms with Crippen molar-refractivity contribution in [3.63, 3.8) is 0 Å². The average molecular weight is 464 g/mol. The van der Waals surface area contributed by atoms with E-state index < -0.39 is 17.7 Å². The van der Waals surface area contributed by atoms with E-state index in [2.05, 4.69) is 18.8 Å². The average Bonchev–Trinajstić information content (AvgIpc) is 3.41. The Bertz CT molecular complexity index is 1170. The van der Waals surface area contributed by atoms with Crippen LogP contribution in [0.25, 0.3) is 5.76 Å². The number of ketones is 1. The molecule has 0 aliphatic carbocycles. The number of aromatic nitrogens is 2. The summed E-state index contributed by atoms with van der Waals surface area (Å²) >= 11 is 5.98. The summed E-state index contributed by atoms with van der Waals surface area (Å²) in [6, 6.07) is 13.8. The Morgan fingerprint density at radius 3 is 2.36 bits per heavy atom. The number of aliphatic hydroxyl groups excluding tert-OH is 1. The van der Waals surface area contributed by atoms with Crippen LogP contribution in [0.5, 0.6) is 0 Å². The van der Waals surface area contributed by atoms with Gasteiger partial charge in [0.25, 0.3) is 11.7 Å². The number of halogens is 1. The number of benzene rings is 2. The predicted octanol–water partition coefficient (Wildman–Crippen LogP) is 5.17. The van der Waals surface area contributed by atoms with Crippen molar-refractivity contribution >= 4 is 29.1 Å². The SMILES string of the molecule is CC(C)c1ccc(C2/C(=C(/O)c3ccc(Cl)cc3)C(=O)C(=O)N2CCCn2ccnc2)cc1. The van der Waals surface area contributed by atoms with Crippen molar-refractivity contribution < 1.29 is 14.7 Å². The third kappa shape index (κ3) is 4.71. The molecular weight excluding hydrogens is 438 g/mol. The minimum atomic E-state index is -0.678. The molecule has 1 N–H and O–H groups in total. The second-order valence-corrected chi connectivity index (χ2v) is 8.91. The van der Waals surface area contributed by atoms with Gasteiger partial charge in [-0.25, -0.2) is 4.98 Å². The van der Waals surface area contributed by atoms with Crippen LogP contribution in [0, 0.1) is 0 Å². The quantitative estimate of drug-likeness (QED) is 0.298. The maximum Gasteiger partial charge on any atom is 0.295 e. The Morgan fingerprint density at radius 1 is 1.06 bits per heavy atom. The minimum Gasteiger partial charge on any atom is -0.507 e. The number of likely N-dealkylation sites (tertiary alicyclic amines) is 1. The van der Waals surface area contributed by atoms with Crippen LogP contribution < -0.4 is 0 Å². The van der Waals surface area contributed by atoms with Gasteiger partial charge in [0.05, 0.1) is 17.9 Å². The Hall–Kier alpha value is -3.38. The van der Waals surface area contributed by atoms with Crippen LogP contribution in [0.4, 0.5) is 0 Å². The largest absolute Gasteiger partial charge is 0.507 e. The molecule has 0 bridgehead atoms. The summed E-state index contributed by atoms with van der Waals surface area (Å²) in [6.07, 6.45) is 5.92. The molecule has 1 aliphatic heterocycles. The van der Waals surface area contributed by atoms with Gasteiger partial charge in [-0.3, -0.25) is 9.59 Å². The molecule has 33 heavy (non-hydrogen) atoms. The number of carbonyl (C=O) groups is 2. The van der Waals surface area contributed by atoms with Crippen LogP contribution in [-0.4, -0.2) is 37.8 Å². The van der Waals surface area contributed by atoms with Gasteiger partial charge in [-0.05, 0) is 47.7 Å². The number of Topliss-reactive ketones (excluding diaryl/α,β-unsaturated/α-hetero) is 1. The molecule has 2 heterocycles. The summed E-state index contributed by atoms with van der Waals surface area (Å²) in [4.78, 5) is 31.7. The number of imidazole rings is 1. The van der Waals surface area contributed by atoms with E-state index in [0.717, 1.165) is 11.1 Å². The Labute approximate surface area is 198 Å². The van der Waals surface area contributed by atoms with E-state index in [1.54, 1.807) is 41.7 Å². The van der Waals surface area contributed by atoms with Gasteiger partial charge in [0.15, 0.2) is 0 Å². The van der Waals surface area contributed by atoms with Gasteiger partial charge < -0.3 is 14.6 Å². The predicted molar refractivity (Wildman–Crippen MR) is 128 cm³/mol. The second kappa shape index (κ2) is 9.63. The first-order valence-electron chi connectivity index (χ1n) is 11.0. The highest BCUT2D eigenvalue weighted by Gasteiger charge is 2.45. The van der Waals surface area contributed by atoms with E-state index in [1.165, 1.54) is 0 Å². The lowest BCUT2D eigenvalue weighted by Crippen LogP contribution is -2.31. The summed E-state index contributed by atoms with van der Waals surface area (Å²) in [5.74, 6) is -1.12. The number of hydrogen-bond donors (Lipinski definition) is 1. The van der Waals surface area contributed by atoms with Crippen molar-refractivity contribution in [2.45, 2.75) is 38.8 Å². The summed E-state index contributed by atoms with van der Waals surface area (Å²) in [5.41, 5.74) is 2.49. The van der Waals surface area contributed by atoms with Crippen LogP contribution in [0.3, 0.4) is 0 Å². The Balaban J connectivity index is 1.73. The standard InChI is InChI=1S/C26H26ClN3O3/c1-17(2)18-4-6-19(7-5-18)23-22(24(31)20-8-10-21(27)11-9-20)25(32)26(33)30(23)14-3-13-29-15-12-28-16-29/h4-12,15-17,23,31H,3,13-14H2,1-2H3/b24-22-. The zero-order chi connectivity index (χ0) is 23.5. The van der Waals surface area contributed by atoms with Crippen molar-refractivity contribution in [3.8, 4) is 0 Å². The second-order valence-electron chi connectivity index (χ2n) is 8.47. The first kappa shape index (κ1) is 22.8. The molecule has 170 valence electrons. The van der Waals surface area contributed by atoms with E-state index in [-0.39, 0.29) is 11.3 Å². The first-order valence-corrected chi connectivity index (χ1v) is 11.3. The molecule has 1 aromatic heterocycles. The molecule has 3 aromatic rings. The van der Waals surface area contributed by atoms with Crippen molar-refractivity contribution in [2.24, 2.45) is 0 Å². The normalized spacial score (nSPS) is 17.8. The fraction of sp³-hybridized carbons (Fsp3) is 0.269. The maximum absolute atomic E-state index is 13.1. The lowest BCUT2D eigenvalue weighted by molar-refractivity contribution is -0.139. The van der Waals surface area contributed by atoms with Gasteiger partial charge in [0.1, 0.15) is 5.76 Å². The van der Waals surface area contributed by atoms with Gasteiger partial charge >= 0.3 is 0 Å². The lowest BCUT2D eigenvalue weighted by atomic mass is 9.93. The number of aliphatic hydroxyl groups is 1. The smallest absolute Gasteiger partial charge is 0.295 e. The molecule has 1 saturated heterocycles. The van der Waals surface area contributed by atoms with Crippen LogP contribution >= 0.6 is 11.6 Å². The lowest BCUT2D eigenvalue weighted by Gasteiger charge is -2.25. The molecule has 1 aliphatic rings. The highest BCUT2D eigenvalue weighted by atomic mass is 35.5. The molecule has 1 unspecified atom stereocenters. The third-order valence-corrected chi connectivity index (χ3v) is 6.20. The van der Waals surface area contributed by atoms with Gasteiger partial charge in [-0.1, -0.05) is 49.7 Å². The van der Waals surface area contributed by atoms with Crippen LogP contribution in [0.2, 0.25) is 5.02 Å². The third-order valence-electron chi connectivity index (χ3n) is 5.95. The number of amides is 1. The number of nitrogens with zero attached hydrogens (tertiary/aromatic N) is 3. The fourth-order valence-electron chi connectivity index (χ4n) is 4.13. The summed E-state index contributed by atoms with van der Waals surface area (Å²) in [5, 5.41) is 11.6. The molecule has 1 fully saturated rings. The topological polar surface area (TPSA) is 75.4 Å². The molecular formula is C26H26ClN3O3. The van der Waals surface area contributed by atoms with E-state index >= 15 is 0 Å². The summed E-state index contributed by atoms with van der Waals surface area (Å²) < 4.78 is 1.93. The highest BCUT2D eigenvalue weighted by Crippen LogP contribution is 2.40. The number of rotatable bonds is 7. The number of aryl methyl sites for hydroxylation is 1. The Morgan fingerprint density at radius 2 is 1.76 bits per heavy atom. The van der Waals surface area contributed by atoms with Gasteiger partial charge in [-0.15, -0.1) is 0 Å². The van der Waals surface area contributed by atoms with Crippen molar-refractivity contribution in [3.05, 3.63) is 94.5 Å². The minimum absolute atomic E-state index is 0.0993. The molecule has 2 aromatic carbocycles. The maximum atomic E-state index is 13.1. The fourth-order valence-corrected chi connectivity index (χ4v) is 4.25. The number of hydrogen-bond acceptors (Lipinski definition) is 4. The molecule has 7 heteroatoms.